The number of aryl methyl sites for hydroxylation is 2. The number of hydrogen-bond acceptors (Lipinski definition) is 3. The topological polar surface area (TPSA) is 32.3 Å². The second-order valence-corrected chi connectivity index (χ2v) is 8.39. The van der Waals surface area contributed by atoms with Crippen molar-refractivity contribution in [3.8, 4) is 0 Å². The van der Waals surface area contributed by atoms with Crippen LogP contribution in [-0.2, 0) is 13.1 Å². The first-order valence-corrected chi connectivity index (χ1v) is 9.56. The fourth-order valence-corrected chi connectivity index (χ4v) is 4.76. The lowest BCUT2D eigenvalue weighted by Gasteiger charge is -2.17. The maximum atomic E-state index is 12.6. The van der Waals surface area contributed by atoms with Crippen LogP contribution in [0.5, 0.6) is 0 Å². The van der Waals surface area contributed by atoms with Crippen LogP contribution in [0.2, 0.25) is 0 Å². The zero-order chi connectivity index (χ0) is 16.8. The molecule has 1 fully saturated rings. The van der Waals surface area contributed by atoms with Gasteiger partial charge in [0.05, 0.1) is 10.9 Å². The standard InChI is InChI=1S/C20H24N2OS/c1-12-4-7-17(13(2)8-12)14(3)21-20(23)18-9-15-10-22(16-5-6-16)11-19(15)24-18/h4,7-9,14,16H,5-6,10-11H2,1-3H3,(H,21,23). The molecule has 4 rings (SSSR count). The molecule has 1 aromatic heterocycles. The van der Waals surface area contributed by atoms with Crippen LogP contribution in [0.1, 0.15) is 62.6 Å². The van der Waals surface area contributed by atoms with E-state index in [0.29, 0.717) is 0 Å². The van der Waals surface area contributed by atoms with Gasteiger partial charge in [0.15, 0.2) is 0 Å². The van der Waals surface area contributed by atoms with Crippen LogP contribution in [0.15, 0.2) is 24.3 Å². The predicted octanol–water partition coefficient (Wildman–Crippen LogP) is 4.33. The van der Waals surface area contributed by atoms with Gasteiger partial charge in [-0.25, -0.2) is 0 Å². The third kappa shape index (κ3) is 3.01. The highest BCUT2D eigenvalue weighted by atomic mass is 32.1. The van der Waals surface area contributed by atoms with Crippen molar-refractivity contribution in [3.63, 3.8) is 0 Å². The lowest BCUT2D eigenvalue weighted by atomic mass is 10.0. The molecule has 2 aromatic rings. The largest absolute Gasteiger partial charge is 0.345 e. The quantitative estimate of drug-likeness (QED) is 0.898. The van der Waals surface area contributed by atoms with E-state index in [1.807, 2.05) is 0 Å². The van der Waals surface area contributed by atoms with E-state index in [4.69, 9.17) is 0 Å². The summed E-state index contributed by atoms with van der Waals surface area (Å²) in [7, 11) is 0. The van der Waals surface area contributed by atoms with Crippen molar-refractivity contribution in [2.75, 3.05) is 0 Å². The zero-order valence-corrected chi connectivity index (χ0v) is 15.4. The fraction of sp³-hybridized carbons (Fsp3) is 0.450. The van der Waals surface area contributed by atoms with Gasteiger partial charge in [0.1, 0.15) is 0 Å². The van der Waals surface area contributed by atoms with Gasteiger partial charge in [-0.2, -0.15) is 0 Å². The Bertz CT molecular complexity index is 767. The molecule has 4 heteroatoms. The van der Waals surface area contributed by atoms with Crippen molar-refractivity contribution in [1.82, 2.24) is 10.2 Å². The smallest absolute Gasteiger partial charge is 0.261 e. The van der Waals surface area contributed by atoms with Crippen molar-refractivity contribution >= 4 is 17.2 Å². The Morgan fingerprint density at radius 1 is 1.25 bits per heavy atom. The minimum absolute atomic E-state index is 0.0259. The van der Waals surface area contributed by atoms with E-state index in [1.165, 1.54) is 40.0 Å². The molecule has 1 aliphatic carbocycles. The number of thiophene rings is 1. The number of carbonyl (C=O) groups excluding carboxylic acids is 1. The van der Waals surface area contributed by atoms with Gasteiger partial charge in [-0.3, -0.25) is 9.69 Å². The number of amides is 1. The SMILES string of the molecule is Cc1ccc(C(C)NC(=O)c2cc3c(s2)CN(C2CC2)C3)c(C)c1. The minimum Gasteiger partial charge on any atom is -0.345 e. The number of rotatable bonds is 4. The van der Waals surface area contributed by atoms with Crippen LogP contribution in [-0.4, -0.2) is 16.8 Å². The van der Waals surface area contributed by atoms with Crippen molar-refractivity contribution < 1.29 is 4.79 Å². The second-order valence-electron chi connectivity index (χ2n) is 7.25. The van der Waals surface area contributed by atoms with Crippen LogP contribution in [0.25, 0.3) is 0 Å². The number of carbonyl (C=O) groups is 1. The Kier molecular flexibility index (Phi) is 3.97. The first-order valence-electron chi connectivity index (χ1n) is 8.75. The number of benzene rings is 1. The van der Waals surface area contributed by atoms with Gasteiger partial charge in [0.25, 0.3) is 5.91 Å². The molecule has 0 radical (unpaired) electrons. The summed E-state index contributed by atoms with van der Waals surface area (Å²) in [5.41, 5.74) is 5.04. The summed E-state index contributed by atoms with van der Waals surface area (Å²) in [6.07, 6.45) is 2.69. The number of fused-ring (bicyclic) bond motifs is 1. The molecule has 1 unspecified atom stereocenters. The maximum absolute atomic E-state index is 12.6. The molecule has 1 aliphatic heterocycles. The molecule has 126 valence electrons. The summed E-state index contributed by atoms with van der Waals surface area (Å²) in [4.78, 5) is 17.4. The van der Waals surface area contributed by atoms with Gasteiger partial charge in [0.2, 0.25) is 0 Å². The summed E-state index contributed by atoms with van der Waals surface area (Å²) >= 11 is 1.67. The molecule has 2 heterocycles. The molecule has 1 saturated carbocycles. The fourth-order valence-electron chi connectivity index (χ4n) is 3.66. The third-order valence-corrected chi connectivity index (χ3v) is 6.30. The Hall–Kier alpha value is -1.65. The maximum Gasteiger partial charge on any atom is 0.261 e. The average molecular weight is 340 g/mol. The molecule has 0 bridgehead atoms. The van der Waals surface area contributed by atoms with Crippen LogP contribution in [0.4, 0.5) is 0 Å². The van der Waals surface area contributed by atoms with Crippen LogP contribution < -0.4 is 5.32 Å². The molecule has 2 aliphatic rings. The zero-order valence-electron chi connectivity index (χ0n) is 14.6. The Morgan fingerprint density at radius 2 is 2.04 bits per heavy atom. The Morgan fingerprint density at radius 3 is 2.71 bits per heavy atom. The van der Waals surface area contributed by atoms with Gasteiger partial charge in [0, 0.05) is 24.0 Å². The van der Waals surface area contributed by atoms with Gasteiger partial charge in [-0.05, 0) is 56.4 Å². The molecule has 1 atom stereocenters. The summed E-state index contributed by atoms with van der Waals surface area (Å²) < 4.78 is 0. The van der Waals surface area contributed by atoms with E-state index < -0.39 is 0 Å². The first kappa shape index (κ1) is 15.9. The van der Waals surface area contributed by atoms with Crippen molar-refractivity contribution in [2.45, 2.75) is 58.8 Å². The molecule has 24 heavy (non-hydrogen) atoms. The summed E-state index contributed by atoms with van der Waals surface area (Å²) in [5, 5.41) is 3.17. The number of nitrogens with zero attached hydrogens (tertiary/aromatic N) is 1. The monoisotopic (exact) mass is 340 g/mol. The normalized spacial score (nSPS) is 18.5. The molecule has 1 N–H and O–H groups in total. The summed E-state index contributed by atoms with van der Waals surface area (Å²) in [6.45, 7) is 8.32. The number of hydrogen-bond donors (Lipinski definition) is 1. The Labute approximate surface area is 147 Å². The second kappa shape index (κ2) is 6.01. The van der Waals surface area contributed by atoms with Crippen LogP contribution >= 0.6 is 11.3 Å². The van der Waals surface area contributed by atoms with Gasteiger partial charge >= 0.3 is 0 Å². The third-order valence-electron chi connectivity index (χ3n) is 5.14. The predicted molar refractivity (Wildman–Crippen MR) is 98.4 cm³/mol. The van der Waals surface area contributed by atoms with E-state index in [-0.39, 0.29) is 11.9 Å². The van der Waals surface area contributed by atoms with E-state index in [1.54, 1.807) is 11.3 Å². The van der Waals surface area contributed by atoms with Crippen LogP contribution in [0, 0.1) is 13.8 Å². The van der Waals surface area contributed by atoms with Gasteiger partial charge in [-0.1, -0.05) is 23.8 Å². The molecule has 0 spiro atoms. The highest BCUT2D eigenvalue weighted by molar-refractivity contribution is 7.14. The van der Waals surface area contributed by atoms with E-state index in [0.717, 1.165) is 24.0 Å². The highest BCUT2D eigenvalue weighted by Crippen LogP contribution is 2.38. The van der Waals surface area contributed by atoms with Crippen molar-refractivity contribution in [3.05, 3.63) is 56.3 Å². The molecular formula is C20H24N2OS. The van der Waals surface area contributed by atoms with Crippen molar-refractivity contribution in [2.24, 2.45) is 0 Å². The minimum atomic E-state index is 0.0259. The van der Waals surface area contributed by atoms with E-state index in [2.05, 4.69) is 55.3 Å². The average Bonchev–Trinajstić information content (AvgIpc) is 3.17. The van der Waals surface area contributed by atoms with E-state index >= 15 is 0 Å². The Balaban J connectivity index is 1.44. The van der Waals surface area contributed by atoms with Crippen molar-refractivity contribution in [1.29, 1.82) is 0 Å². The number of nitrogens with one attached hydrogen (secondary N) is 1. The van der Waals surface area contributed by atoms with Gasteiger partial charge in [-0.15, -0.1) is 11.3 Å². The van der Waals surface area contributed by atoms with E-state index in [9.17, 15) is 4.79 Å². The molecular weight excluding hydrogens is 316 g/mol. The molecule has 1 amide bonds. The van der Waals surface area contributed by atoms with Crippen LogP contribution in [0.3, 0.4) is 0 Å². The van der Waals surface area contributed by atoms with Gasteiger partial charge < -0.3 is 5.32 Å². The summed E-state index contributed by atoms with van der Waals surface area (Å²) in [6, 6.07) is 9.33. The molecule has 1 aromatic carbocycles. The molecule has 0 saturated heterocycles. The first-order chi connectivity index (χ1) is 11.5. The summed E-state index contributed by atoms with van der Waals surface area (Å²) in [5.74, 6) is 0.0554. The lowest BCUT2D eigenvalue weighted by molar-refractivity contribution is 0.0944. The lowest BCUT2D eigenvalue weighted by Crippen LogP contribution is -2.26. The highest BCUT2D eigenvalue weighted by Gasteiger charge is 2.34. The molecule has 3 nitrogen and oxygen atoms in total.